The molecular formula is C13H14O2. The quantitative estimate of drug-likeness (QED) is 0.689. The number of hydrogen-bond acceptors (Lipinski definition) is 2. The summed E-state index contributed by atoms with van der Waals surface area (Å²) in [6.45, 7) is 4.33. The zero-order chi connectivity index (χ0) is 10.8. The molecule has 2 rings (SSSR count). The van der Waals surface area contributed by atoms with Crippen LogP contribution >= 0.6 is 0 Å². The number of ether oxygens (including phenoxy) is 1. The van der Waals surface area contributed by atoms with Gasteiger partial charge >= 0.3 is 0 Å². The SMILES string of the molecule is CC(C)=CC(=O)C1COc2ccccc21. The number of benzene rings is 1. The Hall–Kier alpha value is -1.57. The summed E-state index contributed by atoms with van der Waals surface area (Å²) < 4.78 is 5.46. The molecule has 2 heteroatoms. The van der Waals surface area contributed by atoms with Crippen molar-refractivity contribution in [2.75, 3.05) is 6.61 Å². The van der Waals surface area contributed by atoms with Gasteiger partial charge in [-0.3, -0.25) is 4.79 Å². The van der Waals surface area contributed by atoms with E-state index in [1.807, 2.05) is 38.1 Å². The Morgan fingerprint density at radius 2 is 2.13 bits per heavy atom. The van der Waals surface area contributed by atoms with E-state index < -0.39 is 0 Å². The molecule has 1 aliphatic heterocycles. The first-order chi connectivity index (χ1) is 7.18. The molecule has 1 aromatic rings. The van der Waals surface area contributed by atoms with Crippen LogP contribution in [0, 0.1) is 0 Å². The minimum absolute atomic E-state index is 0.115. The van der Waals surface area contributed by atoms with Crippen molar-refractivity contribution in [1.82, 2.24) is 0 Å². The van der Waals surface area contributed by atoms with Gasteiger partial charge in [0.25, 0.3) is 0 Å². The molecule has 0 amide bonds. The molecule has 0 saturated carbocycles. The van der Waals surface area contributed by atoms with Crippen LogP contribution in [0.25, 0.3) is 0 Å². The maximum Gasteiger partial charge on any atom is 0.166 e. The summed E-state index contributed by atoms with van der Waals surface area (Å²) in [5.74, 6) is 0.869. The topological polar surface area (TPSA) is 26.3 Å². The summed E-state index contributed by atoms with van der Waals surface area (Å²) in [5, 5.41) is 0. The van der Waals surface area contributed by atoms with Crippen LogP contribution < -0.4 is 4.74 Å². The van der Waals surface area contributed by atoms with Crippen LogP contribution in [0.5, 0.6) is 5.75 Å². The maximum atomic E-state index is 11.9. The normalized spacial score (nSPS) is 17.9. The van der Waals surface area contributed by atoms with E-state index in [2.05, 4.69) is 0 Å². The molecule has 0 saturated heterocycles. The Bertz CT molecular complexity index is 414. The van der Waals surface area contributed by atoms with Crippen molar-refractivity contribution in [3.05, 3.63) is 41.5 Å². The Balaban J connectivity index is 2.28. The highest BCUT2D eigenvalue weighted by molar-refractivity contribution is 5.97. The molecule has 1 aromatic carbocycles. The number of para-hydroxylation sites is 1. The third kappa shape index (κ3) is 1.94. The number of allylic oxidation sites excluding steroid dienone is 2. The molecule has 1 atom stereocenters. The Kier molecular flexibility index (Phi) is 2.58. The standard InChI is InChI=1S/C13H14O2/c1-9(2)7-12(14)11-8-15-13-6-4-3-5-10(11)13/h3-7,11H,8H2,1-2H3. The molecule has 1 heterocycles. The first-order valence-corrected chi connectivity index (χ1v) is 5.09. The molecule has 0 aliphatic carbocycles. The van der Waals surface area contributed by atoms with E-state index in [-0.39, 0.29) is 11.7 Å². The van der Waals surface area contributed by atoms with E-state index in [0.717, 1.165) is 16.9 Å². The van der Waals surface area contributed by atoms with Crippen molar-refractivity contribution in [3.8, 4) is 5.75 Å². The lowest BCUT2D eigenvalue weighted by Gasteiger charge is -2.03. The largest absolute Gasteiger partial charge is 0.492 e. The van der Waals surface area contributed by atoms with Crippen LogP contribution in [0.4, 0.5) is 0 Å². The number of ketones is 1. The zero-order valence-corrected chi connectivity index (χ0v) is 8.99. The fraction of sp³-hybridized carbons (Fsp3) is 0.308. The van der Waals surface area contributed by atoms with Gasteiger partial charge in [-0.2, -0.15) is 0 Å². The minimum atomic E-state index is -0.115. The number of hydrogen-bond donors (Lipinski definition) is 0. The van der Waals surface area contributed by atoms with Crippen molar-refractivity contribution in [1.29, 1.82) is 0 Å². The predicted molar refractivity (Wildman–Crippen MR) is 59.1 cm³/mol. The highest BCUT2D eigenvalue weighted by Gasteiger charge is 2.28. The molecule has 0 N–H and O–H groups in total. The van der Waals surface area contributed by atoms with Crippen molar-refractivity contribution >= 4 is 5.78 Å². The predicted octanol–water partition coefficient (Wildman–Crippen LogP) is 2.70. The van der Waals surface area contributed by atoms with Crippen LogP contribution in [0.2, 0.25) is 0 Å². The van der Waals surface area contributed by atoms with Gasteiger partial charge < -0.3 is 4.74 Å². The monoisotopic (exact) mass is 202 g/mol. The van der Waals surface area contributed by atoms with Crippen LogP contribution in [-0.4, -0.2) is 12.4 Å². The molecular weight excluding hydrogens is 188 g/mol. The molecule has 2 nitrogen and oxygen atoms in total. The summed E-state index contributed by atoms with van der Waals surface area (Å²) in [4.78, 5) is 11.9. The Morgan fingerprint density at radius 3 is 2.87 bits per heavy atom. The molecule has 1 unspecified atom stereocenters. The average molecular weight is 202 g/mol. The van der Waals surface area contributed by atoms with Gasteiger partial charge in [0.15, 0.2) is 5.78 Å². The summed E-state index contributed by atoms with van der Waals surface area (Å²) >= 11 is 0. The molecule has 15 heavy (non-hydrogen) atoms. The van der Waals surface area contributed by atoms with E-state index in [9.17, 15) is 4.79 Å². The van der Waals surface area contributed by atoms with Gasteiger partial charge in [0.1, 0.15) is 12.4 Å². The van der Waals surface area contributed by atoms with Crippen molar-refractivity contribution < 1.29 is 9.53 Å². The fourth-order valence-electron chi connectivity index (χ4n) is 1.78. The Labute approximate surface area is 89.6 Å². The second kappa shape index (κ2) is 3.89. The van der Waals surface area contributed by atoms with Crippen LogP contribution in [0.1, 0.15) is 25.3 Å². The first-order valence-electron chi connectivity index (χ1n) is 5.09. The molecule has 78 valence electrons. The fourth-order valence-corrected chi connectivity index (χ4v) is 1.78. The summed E-state index contributed by atoms with van der Waals surface area (Å²) in [5.41, 5.74) is 2.05. The van der Waals surface area contributed by atoms with E-state index in [1.165, 1.54) is 0 Å². The summed E-state index contributed by atoms with van der Waals surface area (Å²) in [6.07, 6.45) is 1.69. The number of rotatable bonds is 2. The molecule has 0 bridgehead atoms. The Morgan fingerprint density at radius 1 is 1.40 bits per heavy atom. The molecule has 0 spiro atoms. The van der Waals surface area contributed by atoms with Crippen molar-refractivity contribution in [2.45, 2.75) is 19.8 Å². The summed E-state index contributed by atoms with van der Waals surface area (Å²) in [6, 6.07) is 7.73. The van der Waals surface area contributed by atoms with Gasteiger partial charge in [-0.15, -0.1) is 0 Å². The average Bonchev–Trinajstić information content (AvgIpc) is 2.59. The molecule has 0 radical (unpaired) electrons. The number of carbonyl (C=O) groups is 1. The van der Waals surface area contributed by atoms with Crippen molar-refractivity contribution in [3.63, 3.8) is 0 Å². The van der Waals surface area contributed by atoms with Crippen LogP contribution in [0.3, 0.4) is 0 Å². The highest BCUT2D eigenvalue weighted by Crippen LogP contribution is 2.34. The van der Waals surface area contributed by atoms with Crippen LogP contribution in [0.15, 0.2) is 35.9 Å². The van der Waals surface area contributed by atoms with Gasteiger partial charge in [-0.05, 0) is 26.0 Å². The highest BCUT2D eigenvalue weighted by atomic mass is 16.5. The molecule has 0 fully saturated rings. The van der Waals surface area contributed by atoms with Gasteiger partial charge in [0.05, 0.1) is 5.92 Å². The lowest BCUT2D eigenvalue weighted by Crippen LogP contribution is -2.11. The van der Waals surface area contributed by atoms with E-state index in [4.69, 9.17) is 4.74 Å². The van der Waals surface area contributed by atoms with Gasteiger partial charge in [0, 0.05) is 5.56 Å². The van der Waals surface area contributed by atoms with Gasteiger partial charge in [-0.25, -0.2) is 0 Å². The lowest BCUT2D eigenvalue weighted by molar-refractivity contribution is -0.116. The van der Waals surface area contributed by atoms with E-state index in [1.54, 1.807) is 6.08 Å². The maximum absolute atomic E-state index is 11.9. The van der Waals surface area contributed by atoms with E-state index in [0.29, 0.717) is 6.61 Å². The zero-order valence-electron chi connectivity index (χ0n) is 8.99. The third-order valence-electron chi connectivity index (χ3n) is 2.47. The van der Waals surface area contributed by atoms with E-state index >= 15 is 0 Å². The molecule has 0 aromatic heterocycles. The van der Waals surface area contributed by atoms with Crippen LogP contribution in [-0.2, 0) is 4.79 Å². The smallest absolute Gasteiger partial charge is 0.166 e. The second-order valence-corrected chi connectivity index (χ2v) is 4.03. The number of carbonyl (C=O) groups excluding carboxylic acids is 1. The summed E-state index contributed by atoms with van der Waals surface area (Å²) in [7, 11) is 0. The van der Waals surface area contributed by atoms with Crippen molar-refractivity contribution in [2.24, 2.45) is 0 Å². The van der Waals surface area contributed by atoms with Gasteiger partial charge in [0.2, 0.25) is 0 Å². The molecule has 1 aliphatic rings. The van der Waals surface area contributed by atoms with Gasteiger partial charge in [-0.1, -0.05) is 23.8 Å². The first kappa shape index (κ1) is 9.97. The second-order valence-electron chi connectivity index (χ2n) is 4.03. The lowest BCUT2D eigenvalue weighted by atomic mass is 9.96. The third-order valence-corrected chi connectivity index (χ3v) is 2.47. The minimum Gasteiger partial charge on any atom is -0.492 e. The number of fused-ring (bicyclic) bond motifs is 1.